The third-order valence-electron chi connectivity index (χ3n) is 1.97. The van der Waals surface area contributed by atoms with Crippen LogP contribution in [0, 0.1) is 18.2 Å². The predicted octanol–water partition coefficient (Wildman–Crippen LogP) is 1.38. The van der Waals surface area contributed by atoms with Crippen molar-refractivity contribution in [3.8, 4) is 12.3 Å². The number of benzene rings is 1. The fourth-order valence-corrected chi connectivity index (χ4v) is 1.24. The lowest BCUT2D eigenvalue weighted by molar-refractivity contribution is -0.137. The maximum Gasteiger partial charge on any atom is 0.323 e. The van der Waals surface area contributed by atoms with Crippen molar-refractivity contribution in [1.82, 2.24) is 4.90 Å². The lowest BCUT2D eigenvalue weighted by atomic mass is 10.3. The van der Waals surface area contributed by atoms with E-state index >= 15 is 0 Å². The van der Waals surface area contributed by atoms with Gasteiger partial charge in [0.05, 0.1) is 6.54 Å². The number of anilines is 1. The van der Waals surface area contributed by atoms with Crippen molar-refractivity contribution in [3.63, 3.8) is 0 Å². The number of carboxylic acids is 1. The lowest BCUT2D eigenvalue weighted by Gasteiger charge is -2.18. The normalized spacial score (nSPS) is 9.33. The molecule has 0 atom stereocenters. The highest BCUT2D eigenvalue weighted by atomic mass is 19.1. The Morgan fingerprint density at radius 1 is 1.50 bits per heavy atom. The molecule has 1 rings (SSSR count). The van der Waals surface area contributed by atoms with Gasteiger partial charge in [-0.15, -0.1) is 6.42 Å². The summed E-state index contributed by atoms with van der Waals surface area (Å²) < 4.78 is 12.9. The van der Waals surface area contributed by atoms with E-state index in [4.69, 9.17) is 11.5 Å². The molecule has 1 aromatic rings. The van der Waals surface area contributed by atoms with E-state index in [1.54, 1.807) is 0 Å². The van der Waals surface area contributed by atoms with Crippen LogP contribution in [0.1, 0.15) is 0 Å². The number of carbonyl (C=O) groups excluding carboxylic acids is 1. The highest BCUT2D eigenvalue weighted by Crippen LogP contribution is 2.09. The minimum Gasteiger partial charge on any atom is -0.480 e. The molecular weight excluding hydrogens is 239 g/mol. The molecule has 2 N–H and O–H groups in total. The molecule has 0 fully saturated rings. The fraction of sp³-hybridized carbons (Fsp3) is 0.167. The minimum absolute atomic E-state index is 0.145. The van der Waals surface area contributed by atoms with E-state index in [-0.39, 0.29) is 12.2 Å². The predicted molar refractivity (Wildman–Crippen MR) is 63.5 cm³/mol. The zero-order chi connectivity index (χ0) is 13.5. The highest BCUT2D eigenvalue weighted by molar-refractivity contribution is 5.91. The zero-order valence-corrected chi connectivity index (χ0v) is 9.39. The molecule has 0 spiro atoms. The van der Waals surface area contributed by atoms with Gasteiger partial charge in [-0.05, 0) is 18.2 Å². The molecule has 5 nitrogen and oxygen atoms in total. The number of halogens is 1. The van der Waals surface area contributed by atoms with Crippen molar-refractivity contribution in [3.05, 3.63) is 30.1 Å². The lowest BCUT2D eigenvalue weighted by Crippen LogP contribution is -2.39. The van der Waals surface area contributed by atoms with Crippen LogP contribution < -0.4 is 5.32 Å². The Balaban J connectivity index is 2.72. The SMILES string of the molecule is C#CCN(CC(=O)O)C(=O)Nc1cccc(F)c1. The second kappa shape index (κ2) is 6.25. The Morgan fingerprint density at radius 2 is 2.22 bits per heavy atom. The molecule has 6 heteroatoms. The van der Waals surface area contributed by atoms with Gasteiger partial charge < -0.3 is 15.3 Å². The van der Waals surface area contributed by atoms with Crippen LogP contribution in [-0.4, -0.2) is 35.1 Å². The molecule has 0 aliphatic rings. The van der Waals surface area contributed by atoms with E-state index in [1.807, 2.05) is 0 Å². The number of carbonyl (C=O) groups is 2. The van der Waals surface area contributed by atoms with Gasteiger partial charge in [0, 0.05) is 5.69 Å². The Hall–Kier alpha value is -2.55. The van der Waals surface area contributed by atoms with Crippen LogP contribution >= 0.6 is 0 Å². The van der Waals surface area contributed by atoms with E-state index in [2.05, 4.69) is 11.2 Å². The number of nitrogens with one attached hydrogen (secondary N) is 1. The standard InChI is InChI=1S/C12H11FN2O3/c1-2-6-15(8-11(16)17)12(18)14-10-5-3-4-9(13)7-10/h1,3-5,7H,6,8H2,(H,14,18)(H,16,17). The molecule has 18 heavy (non-hydrogen) atoms. The third kappa shape index (κ3) is 4.14. The molecule has 0 radical (unpaired) electrons. The van der Waals surface area contributed by atoms with E-state index in [1.165, 1.54) is 18.2 Å². The van der Waals surface area contributed by atoms with Gasteiger partial charge in [-0.3, -0.25) is 4.79 Å². The number of hydrogen-bond acceptors (Lipinski definition) is 2. The van der Waals surface area contributed by atoms with Crippen LogP contribution in [0.3, 0.4) is 0 Å². The largest absolute Gasteiger partial charge is 0.480 e. The van der Waals surface area contributed by atoms with Gasteiger partial charge in [0.1, 0.15) is 12.4 Å². The molecule has 0 heterocycles. The minimum atomic E-state index is -1.18. The molecule has 0 aliphatic carbocycles. The average molecular weight is 250 g/mol. The Morgan fingerprint density at radius 3 is 2.78 bits per heavy atom. The summed E-state index contributed by atoms with van der Waals surface area (Å²) in [7, 11) is 0. The number of hydrogen-bond donors (Lipinski definition) is 2. The van der Waals surface area contributed by atoms with Crippen molar-refractivity contribution in [2.45, 2.75) is 0 Å². The first kappa shape index (κ1) is 13.5. The first-order valence-corrected chi connectivity index (χ1v) is 4.99. The molecule has 0 aromatic heterocycles. The van der Waals surface area contributed by atoms with Crippen molar-refractivity contribution in [2.75, 3.05) is 18.4 Å². The summed E-state index contributed by atoms with van der Waals surface area (Å²) in [6.07, 6.45) is 5.04. The van der Waals surface area contributed by atoms with Crippen molar-refractivity contribution >= 4 is 17.7 Å². The number of amides is 2. The molecule has 0 bridgehead atoms. The molecule has 0 unspecified atom stereocenters. The third-order valence-corrected chi connectivity index (χ3v) is 1.97. The Labute approximate surface area is 103 Å². The summed E-state index contributed by atoms with van der Waals surface area (Å²) in [6, 6.07) is 4.56. The molecular formula is C12H11FN2O3. The summed E-state index contributed by atoms with van der Waals surface area (Å²) in [4.78, 5) is 23.2. The number of nitrogens with zero attached hydrogens (tertiary/aromatic N) is 1. The number of aliphatic carboxylic acids is 1. The second-order valence-electron chi connectivity index (χ2n) is 3.39. The van der Waals surface area contributed by atoms with Crippen molar-refractivity contribution < 1.29 is 19.1 Å². The second-order valence-corrected chi connectivity index (χ2v) is 3.39. The molecule has 1 aromatic carbocycles. The molecule has 2 amide bonds. The maximum absolute atomic E-state index is 12.9. The van der Waals surface area contributed by atoms with Gasteiger partial charge in [0.2, 0.25) is 0 Å². The van der Waals surface area contributed by atoms with Gasteiger partial charge >= 0.3 is 12.0 Å². The van der Waals surface area contributed by atoms with Gasteiger partial charge in [0.25, 0.3) is 0 Å². The van der Waals surface area contributed by atoms with Crippen LogP contribution in [0.2, 0.25) is 0 Å². The highest BCUT2D eigenvalue weighted by Gasteiger charge is 2.15. The summed E-state index contributed by atoms with van der Waals surface area (Å²) in [5.74, 6) is 0.493. The topological polar surface area (TPSA) is 69.6 Å². The van der Waals surface area contributed by atoms with E-state index in [9.17, 15) is 14.0 Å². The summed E-state index contributed by atoms with van der Waals surface area (Å²) in [5.41, 5.74) is 0.229. The quantitative estimate of drug-likeness (QED) is 0.793. The van der Waals surface area contributed by atoms with E-state index in [0.717, 1.165) is 11.0 Å². The number of carboxylic acid groups (broad SMARTS) is 1. The molecule has 0 saturated carbocycles. The first-order valence-electron chi connectivity index (χ1n) is 4.99. The average Bonchev–Trinajstić information content (AvgIpc) is 2.27. The number of terminal acetylenes is 1. The summed E-state index contributed by atoms with van der Waals surface area (Å²) in [6.45, 7) is -0.668. The molecule has 0 saturated heterocycles. The monoisotopic (exact) mass is 250 g/mol. The van der Waals surface area contributed by atoms with E-state index < -0.39 is 24.4 Å². The van der Waals surface area contributed by atoms with Gasteiger partial charge in [-0.2, -0.15) is 0 Å². The van der Waals surface area contributed by atoms with Crippen LogP contribution in [0.5, 0.6) is 0 Å². The summed E-state index contributed by atoms with van der Waals surface area (Å²) >= 11 is 0. The Kier molecular flexibility index (Phi) is 4.69. The van der Waals surface area contributed by atoms with Gasteiger partial charge in [-0.1, -0.05) is 12.0 Å². The first-order chi connectivity index (χ1) is 8.52. The van der Waals surface area contributed by atoms with Crippen LogP contribution in [0.25, 0.3) is 0 Å². The summed E-state index contributed by atoms with van der Waals surface area (Å²) in [5, 5.41) is 11.0. The van der Waals surface area contributed by atoms with Crippen molar-refractivity contribution in [1.29, 1.82) is 0 Å². The van der Waals surface area contributed by atoms with Crippen LogP contribution in [0.15, 0.2) is 24.3 Å². The molecule has 0 aliphatic heterocycles. The zero-order valence-electron chi connectivity index (χ0n) is 9.39. The number of urea groups is 1. The fourth-order valence-electron chi connectivity index (χ4n) is 1.24. The van der Waals surface area contributed by atoms with Crippen molar-refractivity contribution in [2.24, 2.45) is 0 Å². The smallest absolute Gasteiger partial charge is 0.323 e. The van der Waals surface area contributed by atoms with Crippen LogP contribution in [0.4, 0.5) is 14.9 Å². The van der Waals surface area contributed by atoms with E-state index in [0.29, 0.717) is 0 Å². The van der Waals surface area contributed by atoms with Crippen LogP contribution in [-0.2, 0) is 4.79 Å². The molecule has 94 valence electrons. The van der Waals surface area contributed by atoms with Gasteiger partial charge in [-0.25, -0.2) is 9.18 Å². The maximum atomic E-state index is 12.9. The Bertz CT molecular complexity index is 496. The number of rotatable bonds is 4. The van der Waals surface area contributed by atoms with Gasteiger partial charge in [0.15, 0.2) is 0 Å².